The first-order valence-corrected chi connectivity index (χ1v) is 11.5. The van der Waals surface area contributed by atoms with Crippen LogP contribution >= 0.6 is 0 Å². The van der Waals surface area contributed by atoms with Gasteiger partial charge in [0.05, 0.1) is 0 Å². The van der Waals surface area contributed by atoms with Gasteiger partial charge in [-0.25, -0.2) is 0 Å². The molecule has 0 atom stereocenters. The maximum absolute atomic E-state index is 8.59. The molecule has 0 unspecified atom stereocenters. The molecule has 7 nitrogen and oxygen atoms in total. The molecule has 9 heteroatoms. The molecule has 0 aliphatic heterocycles. The molecule has 0 aromatic carbocycles. The van der Waals surface area contributed by atoms with Crippen molar-refractivity contribution in [1.29, 1.82) is 0 Å². The van der Waals surface area contributed by atoms with Crippen LogP contribution in [0.1, 0.15) is 27.7 Å². The molecule has 0 radical (unpaired) electrons. The van der Waals surface area contributed by atoms with E-state index in [2.05, 4.69) is 0 Å². The first kappa shape index (κ1) is 24.4. The van der Waals surface area contributed by atoms with Crippen molar-refractivity contribution >= 4 is 17.6 Å². The second kappa shape index (κ2) is 14.7. The average molecular weight is 359 g/mol. The summed E-state index contributed by atoms with van der Waals surface area (Å²) < 4.78 is 31.7. The van der Waals surface area contributed by atoms with Gasteiger partial charge in [-0.05, 0) is 20.8 Å². The molecule has 0 saturated heterocycles. The zero-order valence-electron chi connectivity index (χ0n) is 15.1. The number of hydrogen-bond donors (Lipinski definition) is 1. The lowest BCUT2D eigenvalue weighted by atomic mass is 10.9. The minimum atomic E-state index is -2.47. The van der Waals surface area contributed by atoms with Gasteiger partial charge in [0.25, 0.3) is 0 Å². The maximum atomic E-state index is 8.59. The van der Waals surface area contributed by atoms with Crippen molar-refractivity contribution in [2.75, 3.05) is 47.8 Å². The van der Waals surface area contributed by atoms with Gasteiger partial charge in [-0.3, -0.25) is 0 Å². The highest BCUT2D eigenvalue weighted by atomic mass is 28.4. The summed E-state index contributed by atoms with van der Waals surface area (Å²) in [4.78, 5) is 0. The summed E-state index contributed by atoms with van der Waals surface area (Å²) in [6.07, 6.45) is 0. The molecule has 0 saturated carbocycles. The first-order valence-electron chi connectivity index (χ1n) is 7.67. The summed E-state index contributed by atoms with van der Waals surface area (Å²) in [7, 11) is -0.169. The fourth-order valence-corrected chi connectivity index (χ4v) is 5.35. The van der Waals surface area contributed by atoms with Gasteiger partial charge < -0.3 is 31.7 Å². The molecular formula is C13H34O7Si2. The minimum Gasteiger partial charge on any atom is -0.396 e. The third kappa shape index (κ3) is 9.33. The van der Waals surface area contributed by atoms with Gasteiger partial charge in [0.1, 0.15) is 0 Å². The Bertz CT molecular complexity index is 215. The molecule has 136 valence electrons. The largest absolute Gasteiger partial charge is 0.502 e. The van der Waals surface area contributed by atoms with Crippen LogP contribution in [0.4, 0.5) is 0 Å². The van der Waals surface area contributed by atoms with E-state index < -0.39 is 17.6 Å². The van der Waals surface area contributed by atoms with E-state index in [0.717, 1.165) is 6.04 Å². The zero-order chi connectivity index (χ0) is 17.5. The van der Waals surface area contributed by atoms with E-state index in [1.54, 1.807) is 0 Å². The lowest BCUT2D eigenvalue weighted by Crippen LogP contribution is -2.45. The fraction of sp³-hybridized carbons (Fsp3) is 1.00. The average Bonchev–Trinajstić information content (AvgIpc) is 2.54. The maximum Gasteiger partial charge on any atom is 0.502 e. The quantitative estimate of drug-likeness (QED) is 0.534. The molecule has 22 heavy (non-hydrogen) atoms. The van der Waals surface area contributed by atoms with E-state index in [9.17, 15) is 0 Å². The molecule has 0 heterocycles. The highest BCUT2D eigenvalue weighted by Gasteiger charge is 2.38. The van der Waals surface area contributed by atoms with E-state index in [4.69, 9.17) is 31.7 Å². The molecule has 0 aliphatic rings. The summed E-state index contributed by atoms with van der Waals surface area (Å²) in [6.45, 7) is 9.98. The highest BCUT2D eigenvalue weighted by molar-refractivity contribution is 6.60. The van der Waals surface area contributed by atoms with Gasteiger partial charge in [-0.15, -0.1) is 0 Å². The van der Waals surface area contributed by atoms with Crippen LogP contribution in [-0.4, -0.2) is 70.5 Å². The molecule has 0 fully saturated rings. The lowest BCUT2D eigenvalue weighted by molar-refractivity contribution is 0.0725. The van der Waals surface area contributed by atoms with Crippen molar-refractivity contribution in [2.24, 2.45) is 0 Å². The fourth-order valence-electron chi connectivity index (χ4n) is 1.78. The van der Waals surface area contributed by atoms with Crippen molar-refractivity contribution in [2.45, 2.75) is 39.8 Å². The normalized spacial score (nSPS) is 12.0. The van der Waals surface area contributed by atoms with Crippen LogP contribution in [0.2, 0.25) is 12.1 Å². The summed E-state index contributed by atoms with van der Waals surface area (Å²) in [6, 6.07) is 1.29. The van der Waals surface area contributed by atoms with E-state index in [0.29, 0.717) is 25.9 Å². The summed E-state index contributed by atoms with van der Waals surface area (Å²) in [5.74, 6) is 0. The highest BCUT2D eigenvalue weighted by Crippen LogP contribution is 2.14. The Balaban J connectivity index is 0. The van der Waals surface area contributed by atoms with Crippen LogP contribution in [0, 0.1) is 0 Å². The lowest BCUT2D eigenvalue weighted by Gasteiger charge is -2.26. The predicted octanol–water partition coefficient (Wildman–Crippen LogP) is 1.91. The second-order valence-corrected chi connectivity index (χ2v) is 10.1. The number of aliphatic hydroxyl groups is 1. The van der Waals surface area contributed by atoms with E-state index in [-0.39, 0.29) is 6.61 Å². The van der Waals surface area contributed by atoms with Gasteiger partial charge in [-0.1, -0.05) is 6.92 Å². The van der Waals surface area contributed by atoms with Crippen LogP contribution in [0.15, 0.2) is 0 Å². The second-order valence-electron chi connectivity index (χ2n) is 4.10. The Hall–Kier alpha value is 0.154. The number of aliphatic hydroxyl groups excluding tert-OH is 1. The van der Waals surface area contributed by atoms with E-state index >= 15 is 0 Å². The Labute approximate surface area is 137 Å². The van der Waals surface area contributed by atoms with Crippen LogP contribution in [0.3, 0.4) is 0 Å². The third-order valence-corrected chi connectivity index (χ3v) is 8.63. The molecule has 0 rings (SSSR count). The van der Waals surface area contributed by atoms with E-state index in [1.807, 2.05) is 27.7 Å². The van der Waals surface area contributed by atoms with Crippen LogP contribution < -0.4 is 0 Å². The van der Waals surface area contributed by atoms with Gasteiger partial charge in [0.15, 0.2) is 0 Å². The molecule has 0 amide bonds. The van der Waals surface area contributed by atoms with Crippen LogP contribution in [0.25, 0.3) is 0 Å². The molecule has 0 bridgehead atoms. The van der Waals surface area contributed by atoms with Crippen molar-refractivity contribution < 1.29 is 31.7 Å². The Morgan fingerprint density at radius 1 is 0.682 bits per heavy atom. The topological polar surface area (TPSA) is 75.6 Å². The Morgan fingerprint density at radius 2 is 1.05 bits per heavy atom. The molecule has 0 aromatic heterocycles. The molecule has 1 N–H and O–H groups in total. The van der Waals surface area contributed by atoms with Gasteiger partial charge >= 0.3 is 17.6 Å². The number of rotatable bonds is 12. The van der Waals surface area contributed by atoms with Crippen LogP contribution in [-0.2, 0) is 26.6 Å². The van der Waals surface area contributed by atoms with Gasteiger partial charge in [-0.2, -0.15) is 0 Å². The molecule has 0 aromatic rings. The smallest absolute Gasteiger partial charge is 0.396 e. The predicted molar refractivity (Wildman–Crippen MR) is 89.8 cm³/mol. The molecular weight excluding hydrogens is 324 g/mol. The van der Waals surface area contributed by atoms with Gasteiger partial charge in [0, 0.05) is 59.8 Å². The van der Waals surface area contributed by atoms with Gasteiger partial charge in [0.2, 0.25) is 0 Å². The zero-order valence-corrected chi connectivity index (χ0v) is 17.1. The number of hydrogen-bond acceptors (Lipinski definition) is 7. The van der Waals surface area contributed by atoms with Crippen molar-refractivity contribution in [3.8, 4) is 0 Å². The third-order valence-electron chi connectivity index (χ3n) is 2.88. The standard InChI is InChI=1S/C8H20O3Si.C5H14O4Si/c1-5-9-12(8-4,10-6-2)11-7-3;1-7-10(8-2,9-3)5-4-6/h5-8H2,1-4H3;6H,4-5H2,1-3H3. The van der Waals surface area contributed by atoms with Crippen molar-refractivity contribution in [1.82, 2.24) is 0 Å². The molecule has 0 spiro atoms. The summed E-state index contributed by atoms with van der Waals surface area (Å²) in [5.41, 5.74) is 0. The Morgan fingerprint density at radius 3 is 1.18 bits per heavy atom. The Kier molecular flexibility index (Phi) is 16.3. The summed E-state index contributed by atoms with van der Waals surface area (Å²) in [5, 5.41) is 8.59. The molecule has 0 aliphatic carbocycles. The monoisotopic (exact) mass is 358 g/mol. The SMILES string of the molecule is CCO[Si](CC)(OCC)OCC.CO[Si](CCO)(OC)OC. The van der Waals surface area contributed by atoms with Crippen LogP contribution in [0.5, 0.6) is 0 Å². The summed E-state index contributed by atoms with van der Waals surface area (Å²) >= 11 is 0. The van der Waals surface area contributed by atoms with Crippen molar-refractivity contribution in [3.63, 3.8) is 0 Å². The minimum absolute atomic E-state index is 0.0295. The first-order chi connectivity index (χ1) is 10.5. The van der Waals surface area contributed by atoms with E-state index in [1.165, 1.54) is 21.3 Å². The van der Waals surface area contributed by atoms with Crippen molar-refractivity contribution in [3.05, 3.63) is 0 Å².